The van der Waals surface area contributed by atoms with Crippen LogP contribution in [0.25, 0.3) is 10.2 Å². The first-order valence-corrected chi connectivity index (χ1v) is 9.75. The van der Waals surface area contributed by atoms with Crippen LogP contribution in [-0.2, 0) is 17.7 Å². The third-order valence-corrected chi connectivity index (χ3v) is 5.87. The molecular weight excluding hydrogens is 364 g/mol. The van der Waals surface area contributed by atoms with Crippen molar-refractivity contribution in [1.82, 2.24) is 9.55 Å². The van der Waals surface area contributed by atoms with E-state index in [1.807, 2.05) is 31.2 Å². The standard InChI is InChI=1S/C20H20N2O4S/c1-12-5-7-14(8-6-12)25-10-11-26-20(24)17-13(2)16-18(27-17)21-15-4-3-9-22(15)19(16)23/h5-8H,3-4,9-11H2,1-2H3. The van der Waals surface area contributed by atoms with Gasteiger partial charge in [-0.3, -0.25) is 9.36 Å². The molecule has 0 saturated carbocycles. The van der Waals surface area contributed by atoms with Gasteiger partial charge in [0.05, 0.1) is 5.39 Å². The first-order valence-electron chi connectivity index (χ1n) is 8.94. The number of fused-ring (bicyclic) bond motifs is 2. The van der Waals surface area contributed by atoms with Crippen LogP contribution in [0, 0.1) is 13.8 Å². The Morgan fingerprint density at radius 2 is 2.00 bits per heavy atom. The zero-order chi connectivity index (χ0) is 19.0. The third kappa shape index (κ3) is 3.35. The largest absolute Gasteiger partial charge is 0.490 e. The van der Waals surface area contributed by atoms with Gasteiger partial charge in [-0.15, -0.1) is 11.3 Å². The Morgan fingerprint density at radius 1 is 1.22 bits per heavy atom. The maximum Gasteiger partial charge on any atom is 0.348 e. The normalized spacial score (nSPS) is 13.0. The molecule has 1 aromatic carbocycles. The van der Waals surface area contributed by atoms with E-state index in [9.17, 15) is 9.59 Å². The van der Waals surface area contributed by atoms with Gasteiger partial charge < -0.3 is 9.47 Å². The second kappa shape index (κ2) is 7.15. The summed E-state index contributed by atoms with van der Waals surface area (Å²) >= 11 is 1.23. The molecule has 0 N–H and O–H groups in total. The maximum absolute atomic E-state index is 12.7. The summed E-state index contributed by atoms with van der Waals surface area (Å²) in [6, 6.07) is 7.69. The van der Waals surface area contributed by atoms with Crippen molar-refractivity contribution in [2.75, 3.05) is 13.2 Å². The van der Waals surface area contributed by atoms with Gasteiger partial charge in [0.25, 0.3) is 5.56 Å². The molecular formula is C20H20N2O4S. The fraction of sp³-hybridized carbons (Fsp3) is 0.350. The second-order valence-electron chi connectivity index (χ2n) is 6.62. The Morgan fingerprint density at radius 3 is 2.78 bits per heavy atom. The second-order valence-corrected chi connectivity index (χ2v) is 7.62. The van der Waals surface area contributed by atoms with E-state index in [0.29, 0.717) is 27.2 Å². The molecule has 7 heteroatoms. The minimum Gasteiger partial charge on any atom is -0.490 e. The van der Waals surface area contributed by atoms with E-state index < -0.39 is 5.97 Å². The average molecular weight is 384 g/mol. The predicted octanol–water partition coefficient (Wildman–Crippen LogP) is 3.26. The van der Waals surface area contributed by atoms with Gasteiger partial charge in [0, 0.05) is 13.0 Å². The van der Waals surface area contributed by atoms with Crippen LogP contribution in [0.2, 0.25) is 0 Å². The van der Waals surface area contributed by atoms with E-state index >= 15 is 0 Å². The number of esters is 1. The smallest absolute Gasteiger partial charge is 0.348 e. The van der Waals surface area contributed by atoms with Gasteiger partial charge in [-0.25, -0.2) is 9.78 Å². The monoisotopic (exact) mass is 384 g/mol. The fourth-order valence-electron chi connectivity index (χ4n) is 3.26. The number of carbonyl (C=O) groups is 1. The minimum atomic E-state index is -0.437. The predicted molar refractivity (Wildman–Crippen MR) is 104 cm³/mol. The van der Waals surface area contributed by atoms with Gasteiger partial charge >= 0.3 is 5.97 Å². The molecule has 0 radical (unpaired) electrons. The van der Waals surface area contributed by atoms with Crippen LogP contribution in [-0.4, -0.2) is 28.7 Å². The number of carbonyl (C=O) groups excluding carboxylic acids is 1. The van der Waals surface area contributed by atoms with Crippen molar-refractivity contribution in [3.05, 3.63) is 56.4 Å². The van der Waals surface area contributed by atoms with Crippen molar-refractivity contribution in [3.63, 3.8) is 0 Å². The van der Waals surface area contributed by atoms with Gasteiger partial charge in [-0.2, -0.15) is 0 Å². The van der Waals surface area contributed by atoms with Crippen molar-refractivity contribution in [1.29, 1.82) is 0 Å². The summed E-state index contributed by atoms with van der Waals surface area (Å²) < 4.78 is 12.6. The van der Waals surface area contributed by atoms with Crippen LogP contribution in [0.3, 0.4) is 0 Å². The lowest BCUT2D eigenvalue weighted by Crippen LogP contribution is -2.20. The van der Waals surface area contributed by atoms with E-state index in [-0.39, 0.29) is 18.8 Å². The minimum absolute atomic E-state index is 0.0528. The zero-order valence-electron chi connectivity index (χ0n) is 15.3. The highest BCUT2D eigenvalue weighted by atomic mass is 32.1. The molecule has 6 nitrogen and oxygen atoms in total. The number of benzene rings is 1. The van der Waals surface area contributed by atoms with Crippen molar-refractivity contribution < 1.29 is 14.3 Å². The molecule has 0 aliphatic carbocycles. The SMILES string of the molecule is Cc1ccc(OCCOC(=O)c2sc3nc4n(c(=O)c3c2C)CCC4)cc1. The van der Waals surface area contributed by atoms with E-state index in [1.54, 1.807) is 11.5 Å². The van der Waals surface area contributed by atoms with Crippen LogP contribution < -0.4 is 10.3 Å². The van der Waals surface area contributed by atoms with E-state index in [1.165, 1.54) is 11.3 Å². The summed E-state index contributed by atoms with van der Waals surface area (Å²) in [5, 5.41) is 0.536. The highest BCUT2D eigenvalue weighted by molar-refractivity contribution is 7.20. The summed E-state index contributed by atoms with van der Waals surface area (Å²) in [7, 11) is 0. The van der Waals surface area contributed by atoms with Gasteiger partial charge in [0.2, 0.25) is 0 Å². The molecule has 0 saturated heterocycles. The number of rotatable bonds is 5. The lowest BCUT2D eigenvalue weighted by Gasteiger charge is -2.07. The number of hydrogen-bond donors (Lipinski definition) is 0. The van der Waals surface area contributed by atoms with Gasteiger partial charge in [-0.1, -0.05) is 17.7 Å². The molecule has 0 spiro atoms. The van der Waals surface area contributed by atoms with Crippen molar-refractivity contribution >= 4 is 27.5 Å². The number of hydrogen-bond acceptors (Lipinski definition) is 6. The Balaban J connectivity index is 1.45. The van der Waals surface area contributed by atoms with Crippen LogP contribution in [0.1, 0.15) is 33.0 Å². The molecule has 4 rings (SSSR count). The number of nitrogens with zero attached hydrogens (tertiary/aromatic N) is 2. The molecule has 1 aliphatic heterocycles. The first-order chi connectivity index (χ1) is 13.0. The van der Waals surface area contributed by atoms with E-state index in [4.69, 9.17) is 9.47 Å². The molecule has 1 aliphatic rings. The maximum atomic E-state index is 12.7. The molecule has 0 unspecified atom stereocenters. The molecule has 0 amide bonds. The van der Waals surface area contributed by atoms with Gasteiger partial charge in [0.1, 0.15) is 34.5 Å². The molecule has 0 fully saturated rings. The van der Waals surface area contributed by atoms with E-state index in [2.05, 4.69) is 4.98 Å². The lowest BCUT2D eigenvalue weighted by atomic mass is 10.2. The fourth-order valence-corrected chi connectivity index (χ4v) is 4.35. The first kappa shape index (κ1) is 17.7. The highest BCUT2D eigenvalue weighted by Crippen LogP contribution is 2.29. The number of aryl methyl sites for hydroxylation is 3. The number of ether oxygens (including phenoxy) is 2. The van der Waals surface area contributed by atoms with Crippen LogP contribution in [0.15, 0.2) is 29.1 Å². The Hall–Kier alpha value is -2.67. The average Bonchev–Trinajstić information content (AvgIpc) is 3.25. The highest BCUT2D eigenvalue weighted by Gasteiger charge is 2.23. The number of thiophene rings is 1. The Labute approximate surface area is 160 Å². The van der Waals surface area contributed by atoms with E-state index in [0.717, 1.165) is 30.0 Å². The van der Waals surface area contributed by atoms with Crippen LogP contribution in [0.5, 0.6) is 5.75 Å². The number of aromatic nitrogens is 2. The topological polar surface area (TPSA) is 70.4 Å². The quantitative estimate of drug-likeness (QED) is 0.499. The summed E-state index contributed by atoms with van der Waals surface area (Å²) in [4.78, 5) is 30.8. The summed E-state index contributed by atoms with van der Waals surface area (Å²) in [5.74, 6) is 1.11. The Bertz CT molecular complexity index is 1070. The summed E-state index contributed by atoms with van der Waals surface area (Å²) in [5.41, 5.74) is 1.76. The third-order valence-electron chi connectivity index (χ3n) is 4.70. The Kier molecular flexibility index (Phi) is 4.70. The molecule has 0 bridgehead atoms. The van der Waals surface area contributed by atoms with Crippen molar-refractivity contribution in [3.8, 4) is 5.75 Å². The molecule has 0 atom stereocenters. The molecule has 27 heavy (non-hydrogen) atoms. The molecule has 2 aromatic heterocycles. The van der Waals surface area contributed by atoms with Crippen molar-refractivity contribution in [2.45, 2.75) is 33.2 Å². The van der Waals surface area contributed by atoms with Crippen LogP contribution in [0.4, 0.5) is 0 Å². The van der Waals surface area contributed by atoms with Gasteiger partial charge in [-0.05, 0) is 38.0 Å². The van der Waals surface area contributed by atoms with Crippen molar-refractivity contribution in [2.24, 2.45) is 0 Å². The van der Waals surface area contributed by atoms with Gasteiger partial charge in [0.15, 0.2) is 0 Å². The summed E-state index contributed by atoms with van der Waals surface area (Å²) in [6.45, 7) is 4.90. The summed E-state index contributed by atoms with van der Waals surface area (Å²) in [6.07, 6.45) is 1.74. The lowest BCUT2D eigenvalue weighted by molar-refractivity contribution is 0.0455. The molecule has 140 valence electrons. The zero-order valence-corrected chi connectivity index (χ0v) is 16.1. The molecule has 3 aromatic rings. The molecule has 3 heterocycles. The van der Waals surface area contributed by atoms with Crippen LogP contribution >= 0.6 is 11.3 Å².